The van der Waals surface area contributed by atoms with Crippen LogP contribution in [0.4, 0.5) is 0 Å². The molecule has 0 unspecified atom stereocenters. The molecule has 2 rings (SSSR count). The highest BCUT2D eigenvalue weighted by atomic mass is 16.5. The number of aliphatic hydroxyl groups excluding tert-OH is 2. The van der Waals surface area contributed by atoms with E-state index in [9.17, 15) is 19.8 Å². The number of fused-ring (bicyclic) bond motifs is 1. The van der Waals surface area contributed by atoms with Crippen molar-refractivity contribution in [3.05, 3.63) is 24.0 Å². The fourth-order valence-electron chi connectivity index (χ4n) is 5.60. The summed E-state index contributed by atoms with van der Waals surface area (Å²) in [5.41, 5.74) is 0. The predicted molar refractivity (Wildman–Crippen MR) is 153 cm³/mol. The Bertz CT molecular complexity index is 747. The number of carbonyl (C=O) groups is 2. The molecule has 2 aliphatic rings. The van der Waals surface area contributed by atoms with Gasteiger partial charge in [0.25, 0.3) is 0 Å². The van der Waals surface area contributed by atoms with E-state index < -0.39 is 12.2 Å². The third-order valence-electron chi connectivity index (χ3n) is 7.84. The quantitative estimate of drug-likeness (QED) is 0.0949. The standard InChI is InChI=1S/C32H54O7/c1-3-5-11-16-25(33)20-21-27-28-23-26(39-30(28)24-29(27)34)17-13-14-19-32(36)38-22-15-10-8-6-7-9-12-18-31(35)37-4-2/h17,20-21,25,27-30,33-34H,3-16,18-19,22-24H2,1-2H3/b21-20+,26-17-/t25-,27+,28+,29+,30+/m0/s1. The van der Waals surface area contributed by atoms with Crippen LogP contribution in [0.15, 0.2) is 24.0 Å². The number of rotatable bonds is 21. The molecule has 1 saturated heterocycles. The number of allylic oxidation sites excluding steroid dienone is 2. The summed E-state index contributed by atoms with van der Waals surface area (Å²) in [7, 11) is 0. The molecule has 0 bridgehead atoms. The van der Waals surface area contributed by atoms with Crippen LogP contribution < -0.4 is 0 Å². The maximum absolute atomic E-state index is 12.0. The molecule has 0 spiro atoms. The van der Waals surface area contributed by atoms with Gasteiger partial charge in [-0.2, -0.15) is 0 Å². The molecule has 2 fully saturated rings. The summed E-state index contributed by atoms with van der Waals surface area (Å²) in [5.74, 6) is 1.00. The molecule has 1 saturated carbocycles. The van der Waals surface area contributed by atoms with Gasteiger partial charge < -0.3 is 24.4 Å². The first kappa shape index (κ1) is 33.3. The summed E-state index contributed by atoms with van der Waals surface area (Å²) in [6.45, 7) is 4.92. The van der Waals surface area contributed by atoms with Gasteiger partial charge in [0.1, 0.15) is 6.10 Å². The molecule has 1 heterocycles. The highest BCUT2D eigenvalue weighted by Gasteiger charge is 2.46. The topological polar surface area (TPSA) is 102 Å². The van der Waals surface area contributed by atoms with Gasteiger partial charge in [-0.3, -0.25) is 9.59 Å². The zero-order valence-electron chi connectivity index (χ0n) is 24.5. The number of unbranched alkanes of at least 4 members (excludes halogenated alkanes) is 9. The van der Waals surface area contributed by atoms with Crippen LogP contribution in [0.25, 0.3) is 0 Å². The first-order valence-electron chi connectivity index (χ1n) is 15.7. The van der Waals surface area contributed by atoms with Crippen LogP contribution in [-0.4, -0.2) is 53.7 Å². The van der Waals surface area contributed by atoms with E-state index in [0.717, 1.165) is 95.7 Å². The van der Waals surface area contributed by atoms with Gasteiger partial charge in [0.05, 0.1) is 31.2 Å². The van der Waals surface area contributed by atoms with Crippen LogP contribution in [0.2, 0.25) is 0 Å². The van der Waals surface area contributed by atoms with Gasteiger partial charge in [-0.25, -0.2) is 0 Å². The first-order valence-corrected chi connectivity index (χ1v) is 15.7. The van der Waals surface area contributed by atoms with Gasteiger partial charge in [-0.15, -0.1) is 0 Å². The third-order valence-corrected chi connectivity index (χ3v) is 7.84. The number of hydrogen-bond acceptors (Lipinski definition) is 7. The predicted octanol–water partition coefficient (Wildman–Crippen LogP) is 6.55. The van der Waals surface area contributed by atoms with Crippen molar-refractivity contribution in [2.24, 2.45) is 11.8 Å². The van der Waals surface area contributed by atoms with Gasteiger partial charge in [-0.1, -0.05) is 70.4 Å². The highest BCUT2D eigenvalue weighted by Crippen LogP contribution is 2.45. The van der Waals surface area contributed by atoms with E-state index >= 15 is 0 Å². The smallest absolute Gasteiger partial charge is 0.305 e. The summed E-state index contributed by atoms with van der Waals surface area (Å²) in [6, 6.07) is 0. The zero-order valence-corrected chi connectivity index (χ0v) is 24.5. The minimum Gasteiger partial charge on any atom is -0.495 e. The summed E-state index contributed by atoms with van der Waals surface area (Å²) in [5, 5.41) is 20.7. The van der Waals surface area contributed by atoms with Crippen LogP contribution in [0, 0.1) is 11.8 Å². The molecule has 7 nitrogen and oxygen atoms in total. The molecule has 0 aromatic heterocycles. The van der Waals surface area contributed by atoms with Crippen LogP contribution >= 0.6 is 0 Å². The van der Waals surface area contributed by atoms with Crippen LogP contribution in [0.1, 0.15) is 123 Å². The monoisotopic (exact) mass is 550 g/mol. The summed E-state index contributed by atoms with van der Waals surface area (Å²) < 4.78 is 16.4. The Kier molecular flexibility index (Phi) is 17.2. The second-order valence-corrected chi connectivity index (χ2v) is 11.2. The minimum absolute atomic E-state index is 0.0213. The molecule has 7 heteroatoms. The van der Waals surface area contributed by atoms with Crippen molar-refractivity contribution >= 4 is 11.9 Å². The first-order chi connectivity index (χ1) is 18.9. The highest BCUT2D eigenvalue weighted by molar-refractivity contribution is 5.69. The number of ether oxygens (including phenoxy) is 3. The lowest BCUT2D eigenvalue weighted by Crippen LogP contribution is -2.18. The van der Waals surface area contributed by atoms with Crippen molar-refractivity contribution in [1.29, 1.82) is 0 Å². The van der Waals surface area contributed by atoms with Crippen molar-refractivity contribution in [3.63, 3.8) is 0 Å². The van der Waals surface area contributed by atoms with E-state index in [2.05, 4.69) is 13.0 Å². The van der Waals surface area contributed by atoms with E-state index in [-0.39, 0.29) is 29.9 Å². The van der Waals surface area contributed by atoms with E-state index in [0.29, 0.717) is 32.5 Å². The molecule has 1 aliphatic carbocycles. The Morgan fingerprint density at radius 1 is 0.949 bits per heavy atom. The fraction of sp³-hybridized carbons (Fsp3) is 0.812. The molecule has 0 aromatic rings. The van der Waals surface area contributed by atoms with Gasteiger partial charge >= 0.3 is 11.9 Å². The van der Waals surface area contributed by atoms with Gasteiger partial charge in [0, 0.05) is 37.5 Å². The molecule has 0 aromatic carbocycles. The second kappa shape index (κ2) is 20.1. The number of carbonyl (C=O) groups excluding carboxylic acids is 2. The van der Waals surface area contributed by atoms with E-state index in [4.69, 9.17) is 14.2 Å². The largest absolute Gasteiger partial charge is 0.495 e. The van der Waals surface area contributed by atoms with Gasteiger partial charge in [0.2, 0.25) is 0 Å². The van der Waals surface area contributed by atoms with E-state index in [1.165, 1.54) is 0 Å². The van der Waals surface area contributed by atoms with Crippen LogP contribution in [0.5, 0.6) is 0 Å². The molecule has 1 aliphatic heterocycles. The Balaban J connectivity index is 1.50. The van der Waals surface area contributed by atoms with Crippen LogP contribution in [-0.2, 0) is 23.8 Å². The van der Waals surface area contributed by atoms with Crippen molar-refractivity contribution in [1.82, 2.24) is 0 Å². The Labute approximate surface area is 236 Å². The molecule has 2 N–H and O–H groups in total. The lowest BCUT2D eigenvalue weighted by atomic mass is 9.90. The minimum atomic E-state index is -0.444. The van der Waals surface area contributed by atoms with Gasteiger partial charge in [-0.05, 0) is 45.1 Å². The summed E-state index contributed by atoms with van der Waals surface area (Å²) in [4.78, 5) is 23.3. The lowest BCUT2D eigenvalue weighted by Gasteiger charge is -2.16. The molecule has 39 heavy (non-hydrogen) atoms. The second-order valence-electron chi connectivity index (χ2n) is 11.2. The van der Waals surface area contributed by atoms with E-state index in [1.54, 1.807) is 0 Å². The fourth-order valence-corrected chi connectivity index (χ4v) is 5.60. The van der Waals surface area contributed by atoms with Crippen LogP contribution in [0.3, 0.4) is 0 Å². The Morgan fingerprint density at radius 3 is 2.38 bits per heavy atom. The Hall–Kier alpha value is -1.86. The average Bonchev–Trinajstić information content (AvgIpc) is 3.42. The normalized spacial score (nSPS) is 24.2. The Morgan fingerprint density at radius 2 is 1.64 bits per heavy atom. The zero-order chi connectivity index (χ0) is 28.3. The molecular formula is C32H54O7. The molecule has 5 atom stereocenters. The third kappa shape index (κ3) is 13.9. The van der Waals surface area contributed by atoms with Crippen molar-refractivity contribution in [2.75, 3.05) is 13.2 Å². The summed E-state index contributed by atoms with van der Waals surface area (Å²) in [6.07, 6.45) is 20.4. The maximum Gasteiger partial charge on any atom is 0.305 e. The van der Waals surface area contributed by atoms with Gasteiger partial charge in [0.15, 0.2) is 0 Å². The summed E-state index contributed by atoms with van der Waals surface area (Å²) >= 11 is 0. The molecular weight excluding hydrogens is 496 g/mol. The van der Waals surface area contributed by atoms with Crippen molar-refractivity contribution in [2.45, 2.75) is 141 Å². The number of esters is 2. The number of hydrogen-bond donors (Lipinski definition) is 2. The maximum atomic E-state index is 12.0. The van der Waals surface area contributed by atoms with E-state index in [1.807, 2.05) is 19.1 Å². The molecule has 0 radical (unpaired) electrons. The van der Waals surface area contributed by atoms with Crippen molar-refractivity contribution < 1.29 is 34.0 Å². The number of aliphatic hydroxyl groups is 2. The molecule has 224 valence electrons. The average molecular weight is 551 g/mol. The van der Waals surface area contributed by atoms with Crippen molar-refractivity contribution in [3.8, 4) is 0 Å². The SMILES string of the molecule is CCCCC[C@H](O)/C=C/[C@@H]1[C@H]2C/C(=C/CCCC(=O)OCCCCCCCCCC(=O)OCC)O[C@@H]2C[C@H]1O. The molecule has 0 amide bonds. The lowest BCUT2D eigenvalue weighted by molar-refractivity contribution is -0.144.